The van der Waals surface area contributed by atoms with Crippen molar-refractivity contribution in [2.24, 2.45) is 5.41 Å². The molecule has 0 aliphatic carbocycles. The molecule has 5 rings (SSSR count). The van der Waals surface area contributed by atoms with Gasteiger partial charge in [0.2, 0.25) is 0 Å². The summed E-state index contributed by atoms with van der Waals surface area (Å²) < 4.78 is 29.7. The molecule has 1 aliphatic heterocycles. The van der Waals surface area contributed by atoms with E-state index in [1.807, 2.05) is 17.8 Å². The lowest BCUT2D eigenvalue weighted by Gasteiger charge is -2.44. The summed E-state index contributed by atoms with van der Waals surface area (Å²) in [5.74, 6) is 0. The van der Waals surface area contributed by atoms with Crippen LogP contribution < -0.4 is 0 Å². The lowest BCUT2D eigenvalue weighted by molar-refractivity contribution is 0.0408. The number of hydrogen-bond donors (Lipinski definition) is 1. The zero-order valence-corrected chi connectivity index (χ0v) is 22.1. The fraction of sp³-hybridized carbons (Fsp3) is 0.385. The predicted octanol–water partition coefficient (Wildman–Crippen LogP) is 4.57. The molecule has 194 valence electrons. The third kappa shape index (κ3) is 4.48. The molecule has 37 heavy (non-hydrogen) atoms. The first kappa shape index (κ1) is 24.9. The molecule has 2 unspecified atom stereocenters. The Hall–Kier alpha value is -3.73. The molecule has 2 atom stereocenters. The van der Waals surface area contributed by atoms with E-state index >= 15 is 0 Å². The quantitative estimate of drug-likeness (QED) is 0.416. The molecule has 1 aromatic carbocycles. The Kier molecular flexibility index (Phi) is 6.06. The minimum Gasteiger partial charge on any atom is -0.465 e. The Morgan fingerprint density at radius 1 is 1.11 bits per heavy atom. The molecule has 1 aliphatic rings. The Labute approximate surface area is 215 Å². The first-order chi connectivity index (χ1) is 17.5. The first-order valence-corrected chi connectivity index (χ1v) is 13.6. The maximum absolute atomic E-state index is 13.3. The van der Waals surface area contributed by atoms with Gasteiger partial charge >= 0.3 is 6.09 Å². The average Bonchev–Trinajstić information content (AvgIpc) is 3.51. The number of piperidine rings is 1. The molecule has 4 aromatic rings. The van der Waals surface area contributed by atoms with Gasteiger partial charge in [-0.2, -0.15) is 5.10 Å². The highest BCUT2D eigenvalue weighted by Gasteiger charge is 2.39. The Bertz CT molecular complexity index is 1570. The van der Waals surface area contributed by atoms with Gasteiger partial charge in [0.25, 0.3) is 10.0 Å². The van der Waals surface area contributed by atoms with Crippen molar-refractivity contribution in [3.63, 3.8) is 0 Å². The van der Waals surface area contributed by atoms with Crippen LogP contribution in [-0.4, -0.2) is 60.8 Å². The van der Waals surface area contributed by atoms with Crippen molar-refractivity contribution in [2.45, 2.75) is 57.5 Å². The van der Waals surface area contributed by atoms with Crippen LogP contribution in [0, 0.1) is 12.3 Å². The van der Waals surface area contributed by atoms with Gasteiger partial charge in [-0.05, 0) is 43.4 Å². The van der Waals surface area contributed by atoms with Crippen molar-refractivity contribution < 1.29 is 18.3 Å². The van der Waals surface area contributed by atoms with Gasteiger partial charge in [-0.15, -0.1) is 0 Å². The third-order valence-corrected chi connectivity index (χ3v) is 8.78. The minimum atomic E-state index is -3.83. The summed E-state index contributed by atoms with van der Waals surface area (Å²) in [6, 6.07) is 8.30. The summed E-state index contributed by atoms with van der Waals surface area (Å²) in [6.45, 7) is 8.50. The van der Waals surface area contributed by atoms with Crippen molar-refractivity contribution in [3.05, 3.63) is 60.8 Å². The highest BCUT2D eigenvalue weighted by atomic mass is 32.2. The number of rotatable bonds is 4. The zero-order chi connectivity index (χ0) is 26.5. The van der Waals surface area contributed by atoms with Gasteiger partial charge in [0, 0.05) is 35.9 Å². The number of fused-ring (bicyclic) bond motifs is 1. The lowest BCUT2D eigenvalue weighted by Crippen LogP contribution is -2.51. The van der Waals surface area contributed by atoms with Crippen LogP contribution in [0.4, 0.5) is 4.79 Å². The SMILES string of the molecule is Cc1ccc(S(=O)(=O)n2ccc3c(-c4cnn(C5CCN(C(=O)O)C(C(C)(C)C)C5)c4)ncnc32)cc1. The molecular weight excluding hydrogens is 492 g/mol. The van der Waals surface area contributed by atoms with E-state index in [-0.39, 0.29) is 22.4 Å². The standard InChI is InChI=1S/C26H30N6O4S/c1-17-5-7-20(8-6-17)37(35,36)32-12-10-21-23(27-16-28-24(21)32)18-14-29-31(15-18)19-9-11-30(25(33)34)22(13-19)26(2,3)4/h5-8,10,12,14-16,19,22H,9,11,13H2,1-4H3,(H,33,34). The Morgan fingerprint density at radius 2 is 1.84 bits per heavy atom. The molecular formula is C26H30N6O4S. The molecule has 0 bridgehead atoms. The number of nitrogens with zero attached hydrogens (tertiary/aromatic N) is 6. The number of hydrogen-bond acceptors (Lipinski definition) is 6. The number of amides is 1. The molecule has 1 N–H and O–H groups in total. The molecule has 0 saturated carbocycles. The van der Waals surface area contributed by atoms with E-state index in [4.69, 9.17) is 0 Å². The normalized spacial score (nSPS) is 18.9. The fourth-order valence-electron chi connectivity index (χ4n) is 5.07. The summed E-state index contributed by atoms with van der Waals surface area (Å²) in [6.07, 6.45) is 6.88. The second-order valence-corrected chi connectivity index (χ2v) is 12.4. The fourth-order valence-corrected chi connectivity index (χ4v) is 6.37. The number of carbonyl (C=O) groups is 1. The van der Waals surface area contributed by atoms with E-state index in [1.54, 1.807) is 36.5 Å². The number of carboxylic acid groups (broad SMARTS) is 1. The van der Waals surface area contributed by atoms with Crippen LogP contribution in [0.3, 0.4) is 0 Å². The summed E-state index contributed by atoms with van der Waals surface area (Å²) >= 11 is 0. The summed E-state index contributed by atoms with van der Waals surface area (Å²) in [5, 5.41) is 14.9. The number of aromatic nitrogens is 5. The van der Waals surface area contributed by atoms with Crippen LogP contribution in [0.25, 0.3) is 22.3 Å². The van der Waals surface area contributed by atoms with E-state index < -0.39 is 16.1 Å². The molecule has 0 radical (unpaired) electrons. The molecule has 10 nitrogen and oxygen atoms in total. The summed E-state index contributed by atoms with van der Waals surface area (Å²) in [4.78, 5) is 22.2. The van der Waals surface area contributed by atoms with Crippen molar-refractivity contribution in [1.29, 1.82) is 0 Å². The molecule has 1 amide bonds. The van der Waals surface area contributed by atoms with E-state index in [0.29, 0.717) is 36.1 Å². The Morgan fingerprint density at radius 3 is 2.51 bits per heavy atom. The van der Waals surface area contributed by atoms with Crippen LogP contribution in [0.5, 0.6) is 0 Å². The van der Waals surface area contributed by atoms with Crippen molar-refractivity contribution >= 4 is 27.1 Å². The maximum atomic E-state index is 13.3. The summed E-state index contributed by atoms with van der Waals surface area (Å²) in [5.41, 5.74) is 2.38. The molecule has 11 heteroatoms. The predicted molar refractivity (Wildman–Crippen MR) is 139 cm³/mol. The number of aryl methyl sites for hydroxylation is 1. The van der Waals surface area contributed by atoms with Crippen LogP contribution in [-0.2, 0) is 10.0 Å². The van der Waals surface area contributed by atoms with E-state index in [9.17, 15) is 18.3 Å². The van der Waals surface area contributed by atoms with Crippen molar-refractivity contribution in [3.8, 4) is 11.3 Å². The van der Waals surface area contributed by atoms with Crippen molar-refractivity contribution in [1.82, 2.24) is 28.6 Å². The molecule has 1 fully saturated rings. The molecule has 1 saturated heterocycles. The highest BCUT2D eigenvalue weighted by Crippen LogP contribution is 2.37. The monoisotopic (exact) mass is 522 g/mol. The highest BCUT2D eigenvalue weighted by molar-refractivity contribution is 7.90. The Balaban J connectivity index is 1.47. The molecule has 3 aromatic heterocycles. The van der Waals surface area contributed by atoms with Crippen LogP contribution in [0.15, 0.2) is 60.1 Å². The van der Waals surface area contributed by atoms with Crippen LogP contribution in [0.2, 0.25) is 0 Å². The first-order valence-electron chi connectivity index (χ1n) is 12.1. The second kappa shape index (κ2) is 8.98. The smallest absolute Gasteiger partial charge is 0.407 e. The average molecular weight is 523 g/mol. The topological polar surface area (TPSA) is 123 Å². The van der Waals surface area contributed by atoms with Gasteiger partial charge in [-0.1, -0.05) is 38.5 Å². The molecule has 4 heterocycles. The lowest BCUT2D eigenvalue weighted by atomic mass is 9.79. The molecule has 0 spiro atoms. The van der Waals surface area contributed by atoms with Gasteiger partial charge in [0.05, 0.1) is 22.8 Å². The van der Waals surface area contributed by atoms with Crippen LogP contribution >= 0.6 is 0 Å². The largest absolute Gasteiger partial charge is 0.465 e. The van der Waals surface area contributed by atoms with E-state index in [0.717, 1.165) is 11.1 Å². The van der Waals surface area contributed by atoms with Crippen LogP contribution in [0.1, 0.15) is 45.2 Å². The number of benzene rings is 1. The third-order valence-electron chi connectivity index (χ3n) is 7.10. The van der Waals surface area contributed by atoms with Gasteiger partial charge < -0.3 is 10.0 Å². The summed E-state index contributed by atoms with van der Waals surface area (Å²) in [7, 11) is -3.83. The van der Waals surface area contributed by atoms with E-state index in [1.165, 1.54) is 21.4 Å². The maximum Gasteiger partial charge on any atom is 0.407 e. The number of likely N-dealkylation sites (tertiary alicyclic amines) is 1. The van der Waals surface area contributed by atoms with Crippen molar-refractivity contribution in [2.75, 3.05) is 6.54 Å². The van der Waals surface area contributed by atoms with E-state index in [2.05, 4.69) is 35.8 Å². The second-order valence-electron chi connectivity index (χ2n) is 10.6. The van der Waals surface area contributed by atoms with Gasteiger partial charge in [0.1, 0.15) is 6.33 Å². The minimum absolute atomic E-state index is 0.0393. The van der Waals surface area contributed by atoms with Gasteiger partial charge in [-0.3, -0.25) is 4.68 Å². The van der Waals surface area contributed by atoms with Gasteiger partial charge in [-0.25, -0.2) is 27.2 Å². The zero-order valence-electron chi connectivity index (χ0n) is 21.2. The van der Waals surface area contributed by atoms with Gasteiger partial charge in [0.15, 0.2) is 5.65 Å².